The Morgan fingerprint density at radius 3 is 2.72 bits per heavy atom. The van der Waals surface area contributed by atoms with Crippen molar-refractivity contribution in [3.05, 3.63) is 70.9 Å². The van der Waals surface area contributed by atoms with Crippen molar-refractivity contribution < 1.29 is 14.3 Å². The third-order valence-electron chi connectivity index (χ3n) is 5.35. The summed E-state index contributed by atoms with van der Waals surface area (Å²) in [4.78, 5) is 31.6. The Kier molecular flexibility index (Phi) is 7.32. The number of carbonyl (C=O) groups excluding carboxylic acids is 2. The molecule has 0 bridgehead atoms. The Morgan fingerprint density at radius 2 is 1.88 bits per heavy atom. The minimum atomic E-state index is -0.231. The fraction of sp³-hybridized carbons (Fsp3) is 0.292. The number of benzene rings is 2. The number of rotatable bonds is 7. The third-order valence-corrected chi connectivity index (χ3v) is 5.55. The number of nitrogens with zero attached hydrogens (tertiary/aromatic N) is 2. The number of amides is 2. The topological polar surface area (TPSA) is 83.6 Å². The molecule has 1 aromatic heterocycles. The standard InChI is InChI=1S/C24H25ClN4O3/c25-22-15-20(19-6-1-2-7-21(19)28-22)24(31)26-16-17-4-3-5-18(14-17)27-23(30)8-9-29-10-12-32-13-11-29/h1-7,14-15H,8-13,16H2,(H,26,31)(H,27,30). The Balaban J connectivity index is 1.34. The van der Waals surface area contributed by atoms with E-state index in [4.69, 9.17) is 16.3 Å². The van der Waals surface area contributed by atoms with Crippen LogP contribution in [0.25, 0.3) is 10.9 Å². The Morgan fingerprint density at radius 1 is 1.06 bits per heavy atom. The lowest BCUT2D eigenvalue weighted by atomic mass is 10.1. The van der Waals surface area contributed by atoms with Crippen LogP contribution < -0.4 is 10.6 Å². The van der Waals surface area contributed by atoms with Crippen molar-refractivity contribution in [2.75, 3.05) is 38.2 Å². The van der Waals surface area contributed by atoms with Crippen molar-refractivity contribution in [2.24, 2.45) is 0 Å². The number of anilines is 1. The summed E-state index contributed by atoms with van der Waals surface area (Å²) in [5, 5.41) is 6.88. The van der Waals surface area contributed by atoms with E-state index in [1.165, 1.54) is 0 Å². The second-order valence-electron chi connectivity index (χ2n) is 7.64. The lowest BCUT2D eigenvalue weighted by Gasteiger charge is -2.26. The molecule has 3 aromatic rings. The Labute approximate surface area is 191 Å². The smallest absolute Gasteiger partial charge is 0.252 e. The number of aromatic nitrogens is 1. The lowest BCUT2D eigenvalue weighted by Crippen LogP contribution is -2.38. The first-order valence-corrected chi connectivity index (χ1v) is 11.0. The predicted molar refractivity (Wildman–Crippen MR) is 125 cm³/mol. The molecule has 1 aliphatic rings. The summed E-state index contributed by atoms with van der Waals surface area (Å²) in [5.41, 5.74) is 2.75. The van der Waals surface area contributed by atoms with Crippen LogP contribution in [0.15, 0.2) is 54.6 Å². The highest BCUT2D eigenvalue weighted by Crippen LogP contribution is 2.21. The van der Waals surface area contributed by atoms with Gasteiger partial charge in [-0.2, -0.15) is 0 Å². The number of nitrogens with one attached hydrogen (secondary N) is 2. The van der Waals surface area contributed by atoms with Crippen LogP contribution >= 0.6 is 11.6 Å². The van der Waals surface area contributed by atoms with Gasteiger partial charge in [-0.15, -0.1) is 0 Å². The van der Waals surface area contributed by atoms with Gasteiger partial charge in [0.2, 0.25) is 5.91 Å². The van der Waals surface area contributed by atoms with E-state index < -0.39 is 0 Å². The molecule has 4 rings (SSSR count). The van der Waals surface area contributed by atoms with E-state index in [0.717, 1.165) is 37.3 Å². The van der Waals surface area contributed by atoms with Crippen LogP contribution in [0.4, 0.5) is 5.69 Å². The van der Waals surface area contributed by atoms with E-state index in [0.29, 0.717) is 36.3 Å². The number of hydrogen-bond donors (Lipinski definition) is 2. The predicted octanol–water partition coefficient (Wildman–Crippen LogP) is 3.48. The van der Waals surface area contributed by atoms with Gasteiger partial charge in [0, 0.05) is 43.7 Å². The van der Waals surface area contributed by atoms with E-state index >= 15 is 0 Å². The minimum absolute atomic E-state index is 0.0319. The highest BCUT2D eigenvalue weighted by atomic mass is 35.5. The van der Waals surface area contributed by atoms with Gasteiger partial charge in [0.05, 0.1) is 24.3 Å². The van der Waals surface area contributed by atoms with Crippen LogP contribution in [-0.4, -0.2) is 54.5 Å². The molecule has 0 radical (unpaired) electrons. The van der Waals surface area contributed by atoms with Crippen molar-refractivity contribution in [1.82, 2.24) is 15.2 Å². The SMILES string of the molecule is O=C(CCN1CCOCC1)Nc1cccc(CNC(=O)c2cc(Cl)nc3ccccc23)c1. The van der Waals surface area contributed by atoms with Crippen LogP contribution in [-0.2, 0) is 16.1 Å². The molecule has 32 heavy (non-hydrogen) atoms. The highest BCUT2D eigenvalue weighted by Gasteiger charge is 2.14. The number of hydrogen-bond acceptors (Lipinski definition) is 5. The van der Waals surface area contributed by atoms with E-state index in [1.807, 2.05) is 48.5 Å². The molecule has 2 N–H and O–H groups in total. The largest absolute Gasteiger partial charge is 0.379 e. The van der Waals surface area contributed by atoms with E-state index in [9.17, 15) is 9.59 Å². The second kappa shape index (κ2) is 10.5. The van der Waals surface area contributed by atoms with Crippen LogP contribution in [0, 0.1) is 0 Å². The molecule has 2 aromatic carbocycles. The zero-order valence-corrected chi connectivity index (χ0v) is 18.4. The number of morpholine rings is 1. The average molecular weight is 453 g/mol. The maximum absolute atomic E-state index is 12.8. The van der Waals surface area contributed by atoms with Gasteiger partial charge < -0.3 is 15.4 Å². The van der Waals surface area contributed by atoms with Crippen molar-refractivity contribution >= 4 is 40.0 Å². The molecule has 8 heteroatoms. The van der Waals surface area contributed by atoms with Crippen LogP contribution in [0.3, 0.4) is 0 Å². The number of pyridine rings is 1. The molecule has 1 fully saturated rings. The lowest BCUT2D eigenvalue weighted by molar-refractivity contribution is -0.116. The summed E-state index contributed by atoms with van der Waals surface area (Å²) < 4.78 is 5.33. The number of para-hydroxylation sites is 1. The van der Waals surface area contributed by atoms with Crippen molar-refractivity contribution in [3.8, 4) is 0 Å². The molecular formula is C24H25ClN4O3. The van der Waals surface area contributed by atoms with Gasteiger partial charge in [0.15, 0.2) is 0 Å². The van der Waals surface area contributed by atoms with Gasteiger partial charge in [-0.05, 0) is 29.8 Å². The molecule has 166 valence electrons. The normalized spacial score (nSPS) is 14.3. The fourth-order valence-corrected chi connectivity index (χ4v) is 3.88. The zero-order valence-electron chi connectivity index (χ0n) is 17.6. The van der Waals surface area contributed by atoms with Gasteiger partial charge in [-0.25, -0.2) is 4.98 Å². The Bertz CT molecular complexity index is 1120. The highest BCUT2D eigenvalue weighted by molar-refractivity contribution is 6.30. The quantitative estimate of drug-likeness (QED) is 0.536. The average Bonchev–Trinajstić information content (AvgIpc) is 2.81. The summed E-state index contributed by atoms with van der Waals surface area (Å²) in [7, 11) is 0. The maximum atomic E-state index is 12.8. The van der Waals surface area contributed by atoms with E-state index in [-0.39, 0.29) is 17.0 Å². The summed E-state index contributed by atoms with van der Waals surface area (Å²) >= 11 is 6.09. The molecule has 0 aliphatic carbocycles. The van der Waals surface area contributed by atoms with Crippen molar-refractivity contribution in [2.45, 2.75) is 13.0 Å². The summed E-state index contributed by atoms with van der Waals surface area (Å²) in [6, 6.07) is 16.4. The van der Waals surface area contributed by atoms with Crippen LogP contribution in [0.1, 0.15) is 22.3 Å². The van der Waals surface area contributed by atoms with E-state index in [1.54, 1.807) is 6.07 Å². The Hall–Kier alpha value is -3.00. The van der Waals surface area contributed by atoms with Gasteiger partial charge in [-0.3, -0.25) is 14.5 Å². The summed E-state index contributed by atoms with van der Waals surface area (Å²) in [6.07, 6.45) is 0.427. The summed E-state index contributed by atoms with van der Waals surface area (Å²) in [6.45, 7) is 4.20. The first-order valence-electron chi connectivity index (χ1n) is 10.6. The fourth-order valence-electron chi connectivity index (χ4n) is 3.68. The number of fused-ring (bicyclic) bond motifs is 1. The van der Waals surface area contributed by atoms with Crippen molar-refractivity contribution in [1.29, 1.82) is 0 Å². The maximum Gasteiger partial charge on any atom is 0.252 e. The first-order chi connectivity index (χ1) is 15.6. The molecule has 1 saturated heterocycles. The molecule has 7 nitrogen and oxygen atoms in total. The number of halogens is 1. The van der Waals surface area contributed by atoms with Gasteiger partial charge >= 0.3 is 0 Å². The number of ether oxygens (including phenoxy) is 1. The molecule has 2 heterocycles. The van der Waals surface area contributed by atoms with Crippen molar-refractivity contribution in [3.63, 3.8) is 0 Å². The van der Waals surface area contributed by atoms with Gasteiger partial charge in [0.1, 0.15) is 5.15 Å². The van der Waals surface area contributed by atoms with Gasteiger partial charge in [-0.1, -0.05) is 41.9 Å². The second-order valence-corrected chi connectivity index (χ2v) is 8.03. The molecule has 2 amide bonds. The summed E-state index contributed by atoms with van der Waals surface area (Å²) in [5.74, 6) is -0.263. The monoisotopic (exact) mass is 452 g/mol. The molecule has 1 aliphatic heterocycles. The molecule has 0 saturated carbocycles. The van der Waals surface area contributed by atoms with E-state index in [2.05, 4.69) is 20.5 Å². The first kappa shape index (κ1) is 22.2. The number of carbonyl (C=O) groups is 2. The van der Waals surface area contributed by atoms with Crippen LogP contribution in [0.5, 0.6) is 0 Å². The minimum Gasteiger partial charge on any atom is -0.379 e. The van der Waals surface area contributed by atoms with Gasteiger partial charge in [0.25, 0.3) is 5.91 Å². The molecule has 0 spiro atoms. The van der Waals surface area contributed by atoms with Crippen LogP contribution in [0.2, 0.25) is 5.15 Å². The third kappa shape index (κ3) is 5.82. The zero-order chi connectivity index (χ0) is 22.3. The molecular weight excluding hydrogens is 428 g/mol. The molecule has 0 atom stereocenters. The molecule has 0 unspecified atom stereocenters.